The molecule has 1 atom stereocenters. The number of carbonyl (C=O) groups excluding carboxylic acids is 1. The molecule has 3 N–H and O–H groups in total. The minimum absolute atomic E-state index is 0.0423. The first-order chi connectivity index (χ1) is 14.4. The Morgan fingerprint density at radius 3 is 2.55 bits per heavy atom. The molecule has 1 aliphatic heterocycles. The lowest BCUT2D eigenvalue weighted by Gasteiger charge is -2.34. The molecule has 1 saturated heterocycles. The third-order valence-electron chi connectivity index (χ3n) is 5.03. The van der Waals surface area contributed by atoms with Crippen molar-refractivity contribution in [3.05, 3.63) is 35.9 Å². The third kappa shape index (κ3) is 5.07. The number of nitrogens with zero attached hydrogens (tertiary/aromatic N) is 3. The van der Waals surface area contributed by atoms with E-state index in [0.717, 1.165) is 6.42 Å². The second-order valence-corrected chi connectivity index (χ2v) is 10.4. The Labute approximate surface area is 183 Å². The molecule has 0 saturated carbocycles. The van der Waals surface area contributed by atoms with Crippen LogP contribution in [0.5, 0.6) is 5.88 Å². The molecule has 10 heteroatoms. The van der Waals surface area contributed by atoms with Gasteiger partial charge in [-0.15, -0.1) is 0 Å². The van der Waals surface area contributed by atoms with Gasteiger partial charge in [0.2, 0.25) is 5.88 Å². The number of aromatic nitrogens is 2. The van der Waals surface area contributed by atoms with Crippen LogP contribution in [-0.2, 0) is 10.0 Å². The van der Waals surface area contributed by atoms with Crippen LogP contribution in [0.1, 0.15) is 51.4 Å². The lowest BCUT2D eigenvalue weighted by molar-refractivity contribution is 0.0981. The molecule has 1 fully saturated rings. The Bertz CT molecular complexity index is 1080. The van der Waals surface area contributed by atoms with Crippen molar-refractivity contribution in [2.24, 2.45) is 5.92 Å². The zero-order valence-corrected chi connectivity index (χ0v) is 19.2. The molecule has 168 valence electrons. The largest absolute Gasteiger partial charge is 0.475 e. The number of amides is 1. The van der Waals surface area contributed by atoms with E-state index in [1.54, 1.807) is 6.07 Å². The average Bonchev–Trinajstić information content (AvgIpc) is 2.92. The van der Waals surface area contributed by atoms with Gasteiger partial charge in [0.05, 0.1) is 11.7 Å². The van der Waals surface area contributed by atoms with Crippen LogP contribution in [0, 0.1) is 5.92 Å². The lowest BCUT2D eigenvalue weighted by atomic mass is 9.97. The number of rotatable bonds is 6. The number of anilines is 2. The minimum Gasteiger partial charge on any atom is -0.475 e. The molecule has 0 aromatic carbocycles. The molecule has 0 bridgehead atoms. The van der Waals surface area contributed by atoms with Gasteiger partial charge in [0.15, 0.2) is 5.03 Å². The molecule has 1 aliphatic rings. The highest BCUT2D eigenvalue weighted by molar-refractivity contribution is 7.90. The van der Waals surface area contributed by atoms with E-state index in [2.05, 4.69) is 35.5 Å². The van der Waals surface area contributed by atoms with E-state index < -0.39 is 15.9 Å². The van der Waals surface area contributed by atoms with Gasteiger partial charge < -0.3 is 15.4 Å². The number of carbonyl (C=O) groups is 1. The quantitative estimate of drug-likeness (QED) is 0.692. The van der Waals surface area contributed by atoms with Crippen molar-refractivity contribution < 1.29 is 17.9 Å². The van der Waals surface area contributed by atoms with Crippen LogP contribution in [0.4, 0.5) is 11.6 Å². The second-order valence-electron chi connectivity index (χ2n) is 8.75. The Morgan fingerprint density at radius 1 is 1.26 bits per heavy atom. The Hall–Kier alpha value is -2.88. The third-order valence-corrected chi connectivity index (χ3v) is 6.26. The van der Waals surface area contributed by atoms with E-state index in [1.807, 2.05) is 18.7 Å². The van der Waals surface area contributed by atoms with Crippen LogP contribution in [0.25, 0.3) is 0 Å². The first-order valence-electron chi connectivity index (χ1n) is 10.1. The number of hydrogen-bond donors (Lipinski definition) is 2. The summed E-state index contributed by atoms with van der Waals surface area (Å²) in [6.45, 7) is 10.7. The number of ether oxygens (including phenoxy) is 1. The predicted octanol–water partition coefficient (Wildman–Crippen LogP) is 2.59. The van der Waals surface area contributed by atoms with Crippen LogP contribution in [0.2, 0.25) is 0 Å². The molecular weight excluding hydrogens is 418 g/mol. The number of nitrogens with one attached hydrogen (secondary N) is 1. The van der Waals surface area contributed by atoms with Gasteiger partial charge in [0.25, 0.3) is 15.9 Å². The number of hydrogen-bond acceptors (Lipinski definition) is 8. The van der Waals surface area contributed by atoms with E-state index in [1.165, 1.54) is 24.3 Å². The van der Waals surface area contributed by atoms with Crippen molar-refractivity contribution in [2.75, 3.05) is 17.2 Å². The van der Waals surface area contributed by atoms with Gasteiger partial charge in [-0.2, -0.15) is 13.4 Å². The van der Waals surface area contributed by atoms with Crippen LogP contribution in [0.15, 0.2) is 35.4 Å². The second kappa shape index (κ2) is 8.33. The van der Waals surface area contributed by atoms with Crippen molar-refractivity contribution in [1.82, 2.24) is 14.7 Å². The molecule has 0 unspecified atom stereocenters. The lowest BCUT2D eigenvalue weighted by Crippen LogP contribution is -2.41. The van der Waals surface area contributed by atoms with Crippen molar-refractivity contribution in [3.8, 4) is 5.88 Å². The molecule has 3 rings (SSSR count). The van der Waals surface area contributed by atoms with Gasteiger partial charge >= 0.3 is 0 Å². The summed E-state index contributed by atoms with van der Waals surface area (Å²) in [6, 6.07) is 7.30. The van der Waals surface area contributed by atoms with Crippen molar-refractivity contribution in [2.45, 2.75) is 57.7 Å². The monoisotopic (exact) mass is 447 g/mol. The first-order valence-corrected chi connectivity index (χ1v) is 11.6. The van der Waals surface area contributed by atoms with Crippen LogP contribution < -0.4 is 20.1 Å². The molecule has 0 spiro atoms. The van der Waals surface area contributed by atoms with Gasteiger partial charge in [-0.25, -0.2) is 9.71 Å². The summed E-state index contributed by atoms with van der Waals surface area (Å²) in [5, 5.41) is -0.328. The van der Waals surface area contributed by atoms with E-state index in [-0.39, 0.29) is 28.1 Å². The Morgan fingerprint density at radius 2 is 1.97 bits per heavy atom. The smallest absolute Gasteiger partial charge is 0.281 e. The van der Waals surface area contributed by atoms with Gasteiger partial charge in [-0.1, -0.05) is 13.0 Å². The van der Waals surface area contributed by atoms with E-state index in [0.29, 0.717) is 24.2 Å². The van der Waals surface area contributed by atoms with Crippen LogP contribution in [0.3, 0.4) is 0 Å². The molecule has 2 aromatic heterocycles. The summed E-state index contributed by atoms with van der Waals surface area (Å²) in [4.78, 5) is 23.5. The van der Waals surface area contributed by atoms with E-state index in [9.17, 15) is 13.2 Å². The number of nitrogen functional groups attached to an aromatic ring is 1. The summed E-state index contributed by atoms with van der Waals surface area (Å²) in [6.07, 6.45) is 0.816. The van der Waals surface area contributed by atoms with Crippen molar-refractivity contribution >= 4 is 27.6 Å². The van der Waals surface area contributed by atoms with Gasteiger partial charge in [0.1, 0.15) is 11.6 Å². The minimum atomic E-state index is -4.21. The molecule has 31 heavy (non-hydrogen) atoms. The zero-order chi connectivity index (χ0) is 23.0. The highest BCUT2D eigenvalue weighted by atomic mass is 32.2. The van der Waals surface area contributed by atoms with Crippen LogP contribution in [-0.4, -0.2) is 42.5 Å². The fourth-order valence-corrected chi connectivity index (χ4v) is 4.83. The molecule has 2 aromatic rings. The molecule has 0 radical (unpaired) electrons. The summed E-state index contributed by atoms with van der Waals surface area (Å²) in [5.74, 6) is 0.402. The molecule has 9 nitrogen and oxygen atoms in total. The van der Waals surface area contributed by atoms with E-state index in [4.69, 9.17) is 10.5 Å². The Balaban J connectivity index is 2.00. The molecular formula is C21H29N5O4S. The highest BCUT2D eigenvalue weighted by Gasteiger charge is 2.39. The number of sulfonamides is 1. The van der Waals surface area contributed by atoms with E-state index >= 15 is 0 Å². The number of nitrogens with two attached hydrogens (primary N) is 1. The number of pyridine rings is 2. The fraction of sp³-hybridized carbons (Fsp3) is 0.476. The van der Waals surface area contributed by atoms with Gasteiger partial charge in [-0.05, 0) is 58.2 Å². The standard InChI is InChI=1S/C21H29N5O4S/c1-13(2)30-17-10-9-15(19(24-17)26-12-14(3)11-21(26,4)5)20(27)25-31(28,29)18-8-6-7-16(22)23-18/h6-10,13-14H,11-12H2,1-5H3,(H2,22,23)(H,25,27)/t14-/m0/s1. The Kier molecular flexibility index (Phi) is 6.13. The zero-order valence-electron chi connectivity index (χ0n) is 18.4. The SMILES string of the molecule is CC(C)Oc1ccc(C(=O)NS(=O)(=O)c2cccc(N)n2)c(N2C[C@@H](C)CC2(C)C)n1. The summed E-state index contributed by atoms with van der Waals surface area (Å²) in [7, 11) is -4.21. The van der Waals surface area contributed by atoms with Crippen LogP contribution >= 0.6 is 0 Å². The van der Waals surface area contributed by atoms with Gasteiger partial charge in [0, 0.05) is 18.2 Å². The van der Waals surface area contributed by atoms with Crippen molar-refractivity contribution in [1.29, 1.82) is 0 Å². The first kappa shape index (κ1) is 22.8. The maximum Gasteiger partial charge on any atom is 0.281 e. The molecule has 0 aliphatic carbocycles. The maximum absolute atomic E-state index is 13.1. The predicted molar refractivity (Wildman–Crippen MR) is 119 cm³/mol. The van der Waals surface area contributed by atoms with Crippen molar-refractivity contribution in [3.63, 3.8) is 0 Å². The highest BCUT2D eigenvalue weighted by Crippen LogP contribution is 2.38. The summed E-state index contributed by atoms with van der Waals surface area (Å²) in [5.41, 5.74) is 5.47. The normalized spacial score (nSPS) is 18.3. The summed E-state index contributed by atoms with van der Waals surface area (Å²) < 4.78 is 33.2. The maximum atomic E-state index is 13.1. The fourth-order valence-electron chi connectivity index (χ4n) is 3.89. The average molecular weight is 448 g/mol. The molecule has 1 amide bonds. The molecule has 3 heterocycles. The van der Waals surface area contributed by atoms with Gasteiger partial charge in [-0.3, -0.25) is 4.79 Å². The topological polar surface area (TPSA) is 128 Å². The summed E-state index contributed by atoms with van der Waals surface area (Å²) >= 11 is 0.